The molecule has 0 saturated carbocycles. The fourth-order valence-corrected chi connectivity index (χ4v) is 1.87. The van der Waals surface area contributed by atoms with Crippen LogP contribution in [0.25, 0.3) is 0 Å². The Morgan fingerprint density at radius 2 is 2.00 bits per heavy atom. The van der Waals surface area contributed by atoms with Gasteiger partial charge >= 0.3 is 0 Å². The standard InChI is InChI=1S/C14H23N3O/c1-4-11-5-7-12(8-6-11)17(3)10-9-13(16-2)14(15)18/h5-8,13,16H,4,9-10H2,1-3H3,(H2,15,18). The lowest BCUT2D eigenvalue weighted by atomic mass is 10.1. The van der Waals surface area contributed by atoms with Crippen LogP contribution in [0.15, 0.2) is 24.3 Å². The summed E-state index contributed by atoms with van der Waals surface area (Å²) in [5.41, 5.74) is 7.78. The second-order valence-corrected chi connectivity index (χ2v) is 4.47. The van der Waals surface area contributed by atoms with Crippen molar-refractivity contribution in [3.8, 4) is 0 Å². The fourth-order valence-electron chi connectivity index (χ4n) is 1.87. The van der Waals surface area contributed by atoms with E-state index in [4.69, 9.17) is 5.73 Å². The molecule has 0 aliphatic rings. The van der Waals surface area contributed by atoms with E-state index in [2.05, 4.69) is 41.4 Å². The average Bonchev–Trinajstić information content (AvgIpc) is 2.39. The van der Waals surface area contributed by atoms with Crippen molar-refractivity contribution < 1.29 is 4.79 Å². The average molecular weight is 249 g/mol. The Bertz CT molecular complexity index is 375. The predicted octanol–water partition coefficient (Wildman–Crippen LogP) is 1.15. The molecule has 0 radical (unpaired) electrons. The second-order valence-electron chi connectivity index (χ2n) is 4.47. The minimum absolute atomic E-state index is 0.262. The maximum Gasteiger partial charge on any atom is 0.234 e. The molecule has 4 heteroatoms. The summed E-state index contributed by atoms with van der Waals surface area (Å²) in [6.45, 7) is 2.93. The van der Waals surface area contributed by atoms with Crippen molar-refractivity contribution in [1.82, 2.24) is 5.32 Å². The Hall–Kier alpha value is -1.55. The molecule has 0 aliphatic heterocycles. The molecule has 1 aromatic carbocycles. The zero-order valence-electron chi connectivity index (χ0n) is 11.4. The minimum Gasteiger partial charge on any atom is -0.375 e. The highest BCUT2D eigenvalue weighted by Crippen LogP contribution is 2.14. The molecule has 1 rings (SSSR count). The van der Waals surface area contributed by atoms with E-state index in [9.17, 15) is 4.79 Å². The van der Waals surface area contributed by atoms with Gasteiger partial charge in [-0.15, -0.1) is 0 Å². The number of nitrogens with zero attached hydrogens (tertiary/aromatic N) is 1. The van der Waals surface area contributed by atoms with Crippen molar-refractivity contribution in [3.05, 3.63) is 29.8 Å². The first-order valence-electron chi connectivity index (χ1n) is 6.35. The van der Waals surface area contributed by atoms with Gasteiger partial charge in [-0.2, -0.15) is 0 Å². The largest absolute Gasteiger partial charge is 0.375 e. The molecule has 1 atom stereocenters. The van der Waals surface area contributed by atoms with E-state index in [1.807, 2.05) is 7.05 Å². The molecule has 4 nitrogen and oxygen atoms in total. The molecule has 1 amide bonds. The number of benzene rings is 1. The molecule has 0 aliphatic carbocycles. The van der Waals surface area contributed by atoms with Crippen molar-refractivity contribution in [1.29, 1.82) is 0 Å². The van der Waals surface area contributed by atoms with Gasteiger partial charge in [0.1, 0.15) is 0 Å². The van der Waals surface area contributed by atoms with Crippen molar-refractivity contribution in [2.75, 3.05) is 25.5 Å². The zero-order valence-corrected chi connectivity index (χ0v) is 11.4. The first kappa shape index (κ1) is 14.5. The van der Waals surface area contributed by atoms with Crippen LogP contribution in [0.2, 0.25) is 0 Å². The molecule has 0 fully saturated rings. The number of rotatable bonds is 7. The Balaban J connectivity index is 2.53. The summed E-state index contributed by atoms with van der Waals surface area (Å²) in [6, 6.07) is 8.22. The highest BCUT2D eigenvalue weighted by Gasteiger charge is 2.13. The second kappa shape index (κ2) is 7.01. The first-order chi connectivity index (χ1) is 8.58. The third kappa shape index (κ3) is 4.04. The summed E-state index contributed by atoms with van der Waals surface area (Å²) in [7, 11) is 3.78. The summed E-state index contributed by atoms with van der Waals surface area (Å²) in [4.78, 5) is 13.2. The van der Waals surface area contributed by atoms with E-state index in [0.29, 0.717) is 6.42 Å². The number of carbonyl (C=O) groups is 1. The van der Waals surface area contributed by atoms with Crippen LogP contribution in [0, 0.1) is 0 Å². The van der Waals surface area contributed by atoms with Gasteiger partial charge in [-0.05, 0) is 37.6 Å². The lowest BCUT2D eigenvalue weighted by Gasteiger charge is -2.22. The van der Waals surface area contributed by atoms with Crippen molar-refractivity contribution in [2.24, 2.45) is 5.73 Å². The minimum atomic E-state index is -0.299. The molecular formula is C14H23N3O. The van der Waals surface area contributed by atoms with E-state index in [1.165, 1.54) is 5.56 Å². The van der Waals surface area contributed by atoms with E-state index in [1.54, 1.807) is 7.05 Å². The molecule has 0 saturated heterocycles. The van der Waals surface area contributed by atoms with Gasteiger partial charge in [0.15, 0.2) is 0 Å². The Morgan fingerprint density at radius 3 is 2.44 bits per heavy atom. The SMILES string of the molecule is CCc1ccc(N(C)CCC(NC)C(N)=O)cc1. The Kier molecular flexibility index (Phi) is 5.65. The third-order valence-electron chi connectivity index (χ3n) is 3.23. The number of amides is 1. The van der Waals surface area contributed by atoms with Crippen LogP contribution >= 0.6 is 0 Å². The molecule has 3 N–H and O–H groups in total. The van der Waals surface area contributed by atoms with Gasteiger partial charge in [0.25, 0.3) is 0 Å². The normalized spacial score (nSPS) is 12.2. The monoisotopic (exact) mass is 249 g/mol. The number of hydrogen-bond donors (Lipinski definition) is 2. The number of carbonyl (C=O) groups excluding carboxylic acids is 1. The van der Waals surface area contributed by atoms with Crippen LogP contribution in [-0.2, 0) is 11.2 Å². The summed E-state index contributed by atoms with van der Waals surface area (Å²) < 4.78 is 0. The van der Waals surface area contributed by atoms with E-state index in [-0.39, 0.29) is 11.9 Å². The molecular weight excluding hydrogens is 226 g/mol. The highest BCUT2D eigenvalue weighted by atomic mass is 16.1. The molecule has 100 valence electrons. The van der Waals surface area contributed by atoms with Gasteiger partial charge < -0.3 is 16.0 Å². The predicted molar refractivity (Wildman–Crippen MR) is 75.7 cm³/mol. The molecule has 1 unspecified atom stereocenters. The van der Waals surface area contributed by atoms with Crippen LogP contribution in [-0.4, -0.2) is 32.6 Å². The quantitative estimate of drug-likeness (QED) is 0.762. The van der Waals surface area contributed by atoms with Gasteiger partial charge in [0, 0.05) is 19.3 Å². The van der Waals surface area contributed by atoms with Crippen molar-refractivity contribution in [2.45, 2.75) is 25.8 Å². The topological polar surface area (TPSA) is 58.4 Å². The zero-order chi connectivity index (χ0) is 13.5. The van der Waals surface area contributed by atoms with E-state index < -0.39 is 0 Å². The smallest absolute Gasteiger partial charge is 0.234 e. The number of likely N-dealkylation sites (N-methyl/N-ethyl adjacent to an activating group) is 1. The van der Waals surface area contributed by atoms with Crippen LogP contribution in [0.4, 0.5) is 5.69 Å². The maximum atomic E-state index is 11.1. The number of nitrogens with two attached hydrogens (primary N) is 1. The number of aryl methyl sites for hydroxylation is 1. The van der Waals surface area contributed by atoms with Gasteiger partial charge in [-0.3, -0.25) is 4.79 Å². The van der Waals surface area contributed by atoms with Gasteiger partial charge in [-0.1, -0.05) is 19.1 Å². The molecule has 0 heterocycles. The first-order valence-corrected chi connectivity index (χ1v) is 6.35. The van der Waals surface area contributed by atoms with Crippen LogP contribution in [0.1, 0.15) is 18.9 Å². The molecule has 0 aromatic heterocycles. The van der Waals surface area contributed by atoms with Gasteiger partial charge in [-0.25, -0.2) is 0 Å². The van der Waals surface area contributed by atoms with Crippen LogP contribution in [0.3, 0.4) is 0 Å². The lowest BCUT2D eigenvalue weighted by Crippen LogP contribution is -2.41. The number of nitrogens with one attached hydrogen (secondary N) is 1. The van der Waals surface area contributed by atoms with E-state index in [0.717, 1.165) is 18.7 Å². The summed E-state index contributed by atoms with van der Waals surface area (Å²) in [5.74, 6) is -0.299. The summed E-state index contributed by atoms with van der Waals surface area (Å²) in [5, 5.41) is 2.93. The third-order valence-corrected chi connectivity index (χ3v) is 3.23. The van der Waals surface area contributed by atoms with Crippen molar-refractivity contribution in [3.63, 3.8) is 0 Å². The highest BCUT2D eigenvalue weighted by molar-refractivity contribution is 5.79. The Morgan fingerprint density at radius 1 is 1.39 bits per heavy atom. The van der Waals surface area contributed by atoms with E-state index >= 15 is 0 Å². The van der Waals surface area contributed by atoms with Gasteiger partial charge in [0.2, 0.25) is 5.91 Å². The maximum absolute atomic E-state index is 11.1. The number of hydrogen-bond acceptors (Lipinski definition) is 3. The summed E-state index contributed by atoms with van der Waals surface area (Å²) >= 11 is 0. The molecule has 1 aromatic rings. The van der Waals surface area contributed by atoms with Crippen LogP contribution < -0.4 is 16.0 Å². The molecule has 0 spiro atoms. The summed E-state index contributed by atoms with van der Waals surface area (Å²) in [6.07, 6.45) is 1.76. The number of anilines is 1. The van der Waals surface area contributed by atoms with Gasteiger partial charge in [0.05, 0.1) is 6.04 Å². The Labute approximate surface area is 109 Å². The molecule has 0 bridgehead atoms. The van der Waals surface area contributed by atoms with Crippen molar-refractivity contribution >= 4 is 11.6 Å². The fraction of sp³-hybridized carbons (Fsp3) is 0.500. The number of primary amides is 1. The molecule has 18 heavy (non-hydrogen) atoms. The van der Waals surface area contributed by atoms with Crippen LogP contribution in [0.5, 0.6) is 0 Å². The lowest BCUT2D eigenvalue weighted by molar-refractivity contribution is -0.119.